The topological polar surface area (TPSA) is 69.2 Å². The fourth-order valence-corrected chi connectivity index (χ4v) is 5.47. The quantitative estimate of drug-likeness (QED) is 0.789. The van der Waals surface area contributed by atoms with Gasteiger partial charge in [0, 0.05) is 24.8 Å². The van der Waals surface area contributed by atoms with E-state index in [1.54, 1.807) is 0 Å². The molecule has 0 saturated carbocycles. The number of nitrogens with zero attached hydrogens (tertiary/aromatic N) is 1. The minimum atomic E-state index is -1.02. The van der Waals surface area contributed by atoms with E-state index < -0.39 is 5.60 Å². The number of esters is 1. The second kappa shape index (κ2) is 7.63. The van der Waals surface area contributed by atoms with Crippen molar-refractivity contribution in [3.8, 4) is 0 Å². The van der Waals surface area contributed by atoms with E-state index in [4.69, 9.17) is 14.2 Å². The summed E-state index contributed by atoms with van der Waals surface area (Å²) in [4.78, 5) is 17.6. The highest BCUT2D eigenvalue weighted by atomic mass is 16.6. The summed E-state index contributed by atoms with van der Waals surface area (Å²) in [5, 5.41) is 3.52. The van der Waals surface area contributed by atoms with Gasteiger partial charge in [-0.1, -0.05) is 6.07 Å². The van der Waals surface area contributed by atoms with Crippen molar-refractivity contribution in [1.29, 1.82) is 0 Å². The molecule has 0 radical (unpaired) electrons. The highest BCUT2D eigenvalue weighted by molar-refractivity contribution is 5.96. The zero-order valence-corrected chi connectivity index (χ0v) is 17.2. The van der Waals surface area contributed by atoms with Crippen LogP contribution in [0.5, 0.6) is 0 Å². The number of amidine groups is 1. The van der Waals surface area contributed by atoms with Gasteiger partial charge in [-0.3, -0.25) is 0 Å². The van der Waals surface area contributed by atoms with Gasteiger partial charge in [0.1, 0.15) is 0 Å². The van der Waals surface area contributed by atoms with Gasteiger partial charge in [0.25, 0.3) is 6.02 Å². The zero-order chi connectivity index (χ0) is 19.8. The molecule has 5 rings (SSSR count). The molecule has 1 unspecified atom stereocenters. The summed E-state index contributed by atoms with van der Waals surface area (Å²) in [6, 6.07) is 2.89. The third-order valence-corrected chi connectivity index (χ3v) is 6.94. The van der Waals surface area contributed by atoms with Crippen LogP contribution in [0.4, 0.5) is 5.69 Å². The molecule has 29 heavy (non-hydrogen) atoms. The number of nitrogens with one attached hydrogen (secondary N) is 1. The molecule has 1 aromatic carbocycles. The molecule has 1 aromatic rings. The van der Waals surface area contributed by atoms with Crippen molar-refractivity contribution in [1.82, 2.24) is 0 Å². The van der Waals surface area contributed by atoms with Crippen molar-refractivity contribution in [2.45, 2.75) is 63.9 Å². The highest BCUT2D eigenvalue weighted by Gasteiger charge is 2.53. The maximum atomic E-state index is 12.9. The SMILES string of the molecule is CCOC(=O)C1(C2CCOCC2)CN=C(Nc2c3c(cc4c2CCC4)CCC3)O1. The van der Waals surface area contributed by atoms with Crippen LogP contribution in [0.25, 0.3) is 0 Å². The Morgan fingerprint density at radius 2 is 1.86 bits per heavy atom. The summed E-state index contributed by atoms with van der Waals surface area (Å²) in [5.41, 5.74) is 5.93. The molecule has 1 atom stereocenters. The summed E-state index contributed by atoms with van der Waals surface area (Å²) in [7, 11) is 0. The molecule has 2 aliphatic heterocycles. The Bertz CT molecular complexity index is 812. The molecule has 1 saturated heterocycles. The van der Waals surface area contributed by atoms with Crippen LogP contribution in [0.1, 0.15) is 54.9 Å². The molecule has 2 heterocycles. The fraction of sp³-hybridized carbons (Fsp3) is 0.652. The zero-order valence-electron chi connectivity index (χ0n) is 17.2. The number of aryl methyl sites for hydroxylation is 2. The summed E-state index contributed by atoms with van der Waals surface area (Å²) in [5.74, 6) is -0.235. The lowest BCUT2D eigenvalue weighted by atomic mass is 9.82. The van der Waals surface area contributed by atoms with Gasteiger partial charge in [0.2, 0.25) is 5.60 Å². The standard InChI is InChI=1S/C23H30N2O4/c1-2-28-21(26)23(17-9-11-27-12-10-17)14-24-22(29-23)25-20-18-7-3-5-15(18)13-16-6-4-8-19(16)20/h13,17H,2-12,14H2,1H3,(H,24,25). The van der Waals surface area contributed by atoms with Gasteiger partial charge in [-0.15, -0.1) is 0 Å². The second-order valence-electron chi connectivity index (χ2n) is 8.58. The van der Waals surface area contributed by atoms with Gasteiger partial charge in [-0.05, 0) is 80.5 Å². The third kappa shape index (κ3) is 3.21. The predicted molar refractivity (Wildman–Crippen MR) is 110 cm³/mol. The average molecular weight is 399 g/mol. The molecule has 6 nitrogen and oxygen atoms in total. The molecule has 2 aliphatic carbocycles. The number of carbonyl (C=O) groups is 1. The molecule has 6 heteroatoms. The molecule has 0 bridgehead atoms. The Labute approximate surface area is 172 Å². The van der Waals surface area contributed by atoms with Gasteiger partial charge in [0.15, 0.2) is 0 Å². The van der Waals surface area contributed by atoms with E-state index in [2.05, 4.69) is 16.4 Å². The largest absolute Gasteiger partial charge is 0.463 e. The summed E-state index contributed by atoms with van der Waals surface area (Å²) in [6.45, 7) is 3.79. The van der Waals surface area contributed by atoms with Gasteiger partial charge >= 0.3 is 5.97 Å². The molecule has 156 valence electrons. The lowest BCUT2D eigenvalue weighted by Gasteiger charge is -2.36. The van der Waals surface area contributed by atoms with Gasteiger partial charge in [0.05, 0.1) is 13.2 Å². The number of fused-ring (bicyclic) bond motifs is 2. The average Bonchev–Trinajstić information content (AvgIpc) is 3.48. The molecule has 4 aliphatic rings. The summed E-state index contributed by atoms with van der Waals surface area (Å²) >= 11 is 0. The molecule has 0 spiro atoms. The van der Waals surface area contributed by atoms with E-state index in [1.165, 1.54) is 40.8 Å². The van der Waals surface area contributed by atoms with E-state index >= 15 is 0 Å². The number of aliphatic imine (C=N–C) groups is 1. The lowest BCUT2D eigenvalue weighted by molar-refractivity contribution is -0.169. The van der Waals surface area contributed by atoms with Crippen molar-refractivity contribution in [3.63, 3.8) is 0 Å². The maximum absolute atomic E-state index is 12.9. The van der Waals surface area contributed by atoms with Crippen LogP contribution in [0.3, 0.4) is 0 Å². The van der Waals surface area contributed by atoms with E-state index in [0.717, 1.165) is 38.5 Å². The Balaban J connectivity index is 1.42. The van der Waals surface area contributed by atoms with E-state index in [-0.39, 0.29) is 11.9 Å². The van der Waals surface area contributed by atoms with Crippen LogP contribution in [0, 0.1) is 5.92 Å². The number of anilines is 1. The Kier molecular flexibility index (Phi) is 4.98. The molecular weight excluding hydrogens is 368 g/mol. The first kappa shape index (κ1) is 18.9. The predicted octanol–water partition coefficient (Wildman–Crippen LogP) is 3.19. The van der Waals surface area contributed by atoms with Crippen LogP contribution < -0.4 is 5.32 Å². The first-order valence-electron chi connectivity index (χ1n) is 11.1. The first-order chi connectivity index (χ1) is 14.2. The molecule has 1 fully saturated rings. The van der Waals surface area contributed by atoms with Crippen LogP contribution in [-0.4, -0.2) is 44.0 Å². The van der Waals surface area contributed by atoms with Crippen LogP contribution in [-0.2, 0) is 44.7 Å². The van der Waals surface area contributed by atoms with E-state index in [0.29, 0.717) is 32.4 Å². The highest BCUT2D eigenvalue weighted by Crippen LogP contribution is 2.40. The lowest BCUT2D eigenvalue weighted by Crippen LogP contribution is -2.52. The summed E-state index contributed by atoms with van der Waals surface area (Å²) in [6.07, 6.45) is 8.49. The minimum absolute atomic E-state index is 0.0607. The normalized spacial score (nSPS) is 25.9. The fourth-order valence-electron chi connectivity index (χ4n) is 5.47. The van der Waals surface area contributed by atoms with Gasteiger partial charge in [-0.2, -0.15) is 0 Å². The number of ether oxygens (including phenoxy) is 3. The molecule has 0 amide bonds. The number of benzene rings is 1. The number of carbonyl (C=O) groups excluding carboxylic acids is 1. The Hall–Kier alpha value is -2.08. The van der Waals surface area contributed by atoms with Crippen LogP contribution in [0.2, 0.25) is 0 Å². The van der Waals surface area contributed by atoms with Crippen molar-refractivity contribution >= 4 is 17.7 Å². The van der Waals surface area contributed by atoms with Gasteiger partial charge in [-0.25, -0.2) is 9.79 Å². The monoisotopic (exact) mass is 398 g/mol. The van der Waals surface area contributed by atoms with Crippen molar-refractivity contribution < 1.29 is 19.0 Å². The Morgan fingerprint density at radius 1 is 1.17 bits per heavy atom. The number of rotatable bonds is 4. The number of hydrogen-bond acceptors (Lipinski definition) is 6. The maximum Gasteiger partial charge on any atom is 0.352 e. The third-order valence-electron chi connectivity index (χ3n) is 6.94. The minimum Gasteiger partial charge on any atom is -0.463 e. The summed E-state index contributed by atoms with van der Waals surface area (Å²) < 4.78 is 17.3. The second-order valence-corrected chi connectivity index (χ2v) is 8.58. The number of hydrogen-bond donors (Lipinski definition) is 1. The molecule has 1 N–H and O–H groups in total. The van der Waals surface area contributed by atoms with E-state index in [1.807, 2.05) is 6.92 Å². The smallest absolute Gasteiger partial charge is 0.352 e. The van der Waals surface area contributed by atoms with Crippen molar-refractivity contribution in [2.24, 2.45) is 10.9 Å². The van der Waals surface area contributed by atoms with Crippen LogP contribution >= 0.6 is 0 Å². The van der Waals surface area contributed by atoms with E-state index in [9.17, 15) is 4.79 Å². The molecular formula is C23H30N2O4. The molecule has 0 aromatic heterocycles. The van der Waals surface area contributed by atoms with Crippen molar-refractivity contribution in [2.75, 3.05) is 31.7 Å². The van der Waals surface area contributed by atoms with Crippen molar-refractivity contribution in [3.05, 3.63) is 28.3 Å². The van der Waals surface area contributed by atoms with Gasteiger partial charge < -0.3 is 19.5 Å². The van der Waals surface area contributed by atoms with Crippen LogP contribution in [0.15, 0.2) is 11.1 Å². The Morgan fingerprint density at radius 3 is 2.52 bits per heavy atom. The first-order valence-corrected chi connectivity index (χ1v) is 11.1.